The number of anilines is 2. The first-order valence-corrected chi connectivity index (χ1v) is 10.6. The van der Waals surface area contributed by atoms with Gasteiger partial charge in [0.15, 0.2) is 0 Å². The van der Waals surface area contributed by atoms with Gasteiger partial charge >= 0.3 is 5.69 Å². The van der Waals surface area contributed by atoms with Crippen LogP contribution in [0, 0.1) is 0 Å². The normalized spacial score (nSPS) is 11.4. The molecule has 0 aliphatic carbocycles. The van der Waals surface area contributed by atoms with Gasteiger partial charge in [-0.05, 0) is 42.5 Å². The number of carbonyl (C=O) groups is 1. The second-order valence-corrected chi connectivity index (χ2v) is 8.59. The van der Waals surface area contributed by atoms with Crippen LogP contribution in [0.1, 0.15) is 10.4 Å². The molecule has 3 aromatic rings. The number of aromatic nitrogens is 2. The third-order valence-electron chi connectivity index (χ3n) is 4.64. The lowest BCUT2D eigenvalue weighted by atomic mass is 10.2. The van der Waals surface area contributed by atoms with E-state index in [0.717, 1.165) is 11.8 Å². The molecule has 0 aliphatic rings. The maximum Gasteiger partial charge on any atom is 0.328 e. The van der Waals surface area contributed by atoms with Crippen molar-refractivity contribution in [3.8, 4) is 0 Å². The largest absolute Gasteiger partial charge is 0.328 e. The highest BCUT2D eigenvalue weighted by Gasteiger charge is 2.16. The number of benzene rings is 2. The number of sulfonamides is 1. The van der Waals surface area contributed by atoms with Crippen molar-refractivity contribution in [2.24, 2.45) is 14.1 Å². The van der Waals surface area contributed by atoms with Crippen molar-refractivity contribution < 1.29 is 13.2 Å². The minimum Gasteiger partial charge on any atom is -0.322 e. The highest BCUT2D eigenvalue weighted by Crippen LogP contribution is 2.21. The number of carbonyl (C=O) groups excluding carboxylic acids is 1. The summed E-state index contributed by atoms with van der Waals surface area (Å²) in [4.78, 5) is 24.6. The first-order valence-electron chi connectivity index (χ1n) is 8.79. The van der Waals surface area contributed by atoms with Crippen LogP contribution in [0.15, 0.2) is 59.9 Å². The van der Waals surface area contributed by atoms with Crippen LogP contribution < -0.4 is 15.3 Å². The van der Waals surface area contributed by atoms with E-state index in [1.807, 2.05) is 0 Å². The summed E-state index contributed by atoms with van der Waals surface area (Å²) in [6.07, 6.45) is 2.61. The van der Waals surface area contributed by atoms with Crippen LogP contribution >= 0.6 is 0 Å². The molecule has 9 heteroatoms. The van der Waals surface area contributed by atoms with E-state index in [0.29, 0.717) is 22.5 Å². The Morgan fingerprint density at radius 2 is 1.72 bits per heavy atom. The van der Waals surface area contributed by atoms with Crippen LogP contribution in [0.4, 0.5) is 11.4 Å². The quantitative estimate of drug-likeness (QED) is 0.625. The molecule has 0 unspecified atom stereocenters. The minimum atomic E-state index is -3.46. The Balaban J connectivity index is 1.84. The van der Waals surface area contributed by atoms with Gasteiger partial charge in [-0.2, -0.15) is 0 Å². The predicted molar refractivity (Wildman–Crippen MR) is 115 cm³/mol. The standard InChI is InChI=1S/C20H22N4O4S/c1-5-12-24(29(4,27)28)16-9-6-14(7-10-16)19(25)21-15-8-11-17-18(13-15)23(3)20(26)22(17)2/h5-11,13H,1,12H2,2-4H3,(H,21,25). The van der Waals surface area contributed by atoms with Gasteiger partial charge in [0, 0.05) is 25.3 Å². The Hall–Kier alpha value is -3.33. The number of nitrogens with one attached hydrogen (secondary N) is 1. The molecule has 0 aliphatic heterocycles. The summed E-state index contributed by atoms with van der Waals surface area (Å²) in [7, 11) is -0.0930. The molecule has 1 heterocycles. The smallest absolute Gasteiger partial charge is 0.322 e. The third-order valence-corrected chi connectivity index (χ3v) is 5.80. The topological polar surface area (TPSA) is 93.4 Å². The van der Waals surface area contributed by atoms with Crippen molar-refractivity contribution in [3.05, 3.63) is 71.2 Å². The van der Waals surface area contributed by atoms with Crippen molar-refractivity contribution in [1.82, 2.24) is 9.13 Å². The summed E-state index contributed by atoms with van der Waals surface area (Å²) in [5.41, 5.74) is 2.71. The van der Waals surface area contributed by atoms with Crippen LogP contribution in [0.25, 0.3) is 11.0 Å². The molecule has 8 nitrogen and oxygen atoms in total. The molecule has 2 aromatic carbocycles. The summed E-state index contributed by atoms with van der Waals surface area (Å²) >= 11 is 0. The lowest BCUT2D eigenvalue weighted by molar-refractivity contribution is 0.102. The zero-order chi connectivity index (χ0) is 21.3. The lowest BCUT2D eigenvalue weighted by Crippen LogP contribution is -2.29. The van der Waals surface area contributed by atoms with Crippen LogP contribution in [0.3, 0.4) is 0 Å². The number of imidazole rings is 1. The molecule has 0 fully saturated rings. The summed E-state index contributed by atoms with van der Waals surface area (Å²) in [6, 6.07) is 11.5. The summed E-state index contributed by atoms with van der Waals surface area (Å²) in [5.74, 6) is -0.341. The molecule has 0 spiro atoms. The van der Waals surface area contributed by atoms with Gasteiger partial charge in [0.1, 0.15) is 0 Å². The van der Waals surface area contributed by atoms with E-state index in [2.05, 4.69) is 11.9 Å². The average molecular weight is 414 g/mol. The lowest BCUT2D eigenvalue weighted by Gasteiger charge is -2.20. The highest BCUT2D eigenvalue weighted by molar-refractivity contribution is 7.92. The van der Waals surface area contributed by atoms with E-state index >= 15 is 0 Å². The van der Waals surface area contributed by atoms with Crippen molar-refractivity contribution in [1.29, 1.82) is 0 Å². The van der Waals surface area contributed by atoms with Gasteiger partial charge in [-0.25, -0.2) is 13.2 Å². The van der Waals surface area contributed by atoms with Crippen molar-refractivity contribution in [2.45, 2.75) is 0 Å². The van der Waals surface area contributed by atoms with E-state index in [1.165, 1.54) is 19.5 Å². The molecule has 1 N–H and O–H groups in total. The highest BCUT2D eigenvalue weighted by atomic mass is 32.2. The SMILES string of the molecule is C=CCN(c1ccc(C(=O)Nc2ccc3c(c2)n(C)c(=O)n3C)cc1)S(C)(=O)=O. The molecular weight excluding hydrogens is 392 g/mol. The second kappa shape index (κ2) is 7.59. The van der Waals surface area contributed by atoms with Crippen LogP contribution in [0.2, 0.25) is 0 Å². The molecule has 0 saturated heterocycles. The molecule has 29 heavy (non-hydrogen) atoms. The number of rotatable bonds is 6. The predicted octanol–water partition coefficient (Wildman–Crippen LogP) is 2.08. The van der Waals surface area contributed by atoms with Crippen LogP contribution in [-0.4, -0.2) is 36.3 Å². The molecule has 0 atom stereocenters. The fourth-order valence-electron chi connectivity index (χ4n) is 3.12. The molecular formula is C20H22N4O4S. The Labute approximate surface area is 168 Å². The molecule has 0 saturated carbocycles. The van der Waals surface area contributed by atoms with E-state index in [1.54, 1.807) is 56.6 Å². The first kappa shape index (κ1) is 20.4. The van der Waals surface area contributed by atoms with E-state index in [-0.39, 0.29) is 18.1 Å². The van der Waals surface area contributed by atoms with Gasteiger partial charge in [0.25, 0.3) is 5.91 Å². The summed E-state index contributed by atoms with van der Waals surface area (Å²) in [6.45, 7) is 3.71. The zero-order valence-corrected chi connectivity index (χ0v) is 17.2. The Morgan fingerprint density at radius 3 is 2.31 bits per heavy atom. The van der Waals surface area contributed by atoms with Gasteiger partial charge in [-0.1, -0.05) is 6.08 Å². The summed E-state index contributed by atoms with van der Waals surface area (Å²) < 4.78 is 28.1. The Morgan fingerprint density at radius 1 is 1.10 bits per heavy atom. The fourth-order valence-corrected chi connectivity index (χ4v) is 4.00. The monoisotopic (exact) mass is 414 g/mol. The number of hydrogen-bond acceptors (Lipinski definition) is 4. The van der Waals surface area contributed by atoms with Crippen molar-refractivity contribution >= 4 is 38.3 Å². The maximum atomic E-state index is 12.6. The molecule has 1 aromatic heterocycles. The van der Waals surface area contributed by atoms with Gasteiger partial charge in [0.2, 0.25) is 10.0 Å². The van der Waals surface area contributed by atoms with Crippen LogP contribution in [-0.2, 0) is 24.1 Å². The van der Waals surface area contributed by atoms with Gasteiger partial charge in [-0.3, -0.25) is 18.2 Å². The summed E-state index contributed by atoms with van der Waals surface area (Å²) in [5, 5.41) is 2.80. The van der Waals surface area contributed by atoms with E-state index in [4.69, 9.17) is 0 Å². The van der Waals surface area contributed by atoms with Gasteiger partial charge in [-0.15, -0.1) is 6.58 Å². The maximum absolute atomic E-state index is 12.6. The van der Waals surface area contributed by atoms with Crippen molar-refractivity contribution in [3.63, 3.8) is 0 Å². The second-order valence-electron chi connectivity index (χ2n) is 6.69. The fraction of sp³-hybridized carbons (Fsp3) is 0.200. The van der Waals surface area contributed by atoms with Gasteiger partial charge in [0.05, 0.1) is 29.5 Å². The number of amides is 1. The molecule has 0 radical (unpaired) electrons. The van der Waals surface area contributed by atoms with E-state index in [9.17, 15) is 18.0 Å². The number of aryl methyl sites for hydroxylation is 2. The van der Waals surface area contributed by atoms with Crippen LogP contribution in [0.5, 0.6) is 0 Å². The average Bonchev–Trinajstić information content (AvgIpc) is 2.89. The van der Waals surface area contributed by atoms with Gasteiger partial charge < -0.3 is 5.32 Å². The number of hydrogen-bond donors (Lipinski definition) is 1. The molecule has 3 rings (SSSR count). The first-order chi connectivity index (χ1) is 13.6. The number of nitrogens with zero attached hydrogens (tertiary/aromatic N) is 3. The molecule has 0 bridgehead atoms. The molecule has 1 amide bonds. The zero-order valence-electron chi connectivity index (χ0n) is 16.4. The minimum absolute atomic E-state index is 0.139. The van der Waals surface area contributed by atoms with Crippen molar-refractivity contribution in [2.75, 3.05) is 22.4 Å². The molecule has 152 valence electrons. The Kier molecular flexibility index (Phi) is 5.34. The third kappa shape index (κ3) is 3.95. The number of fused-ring (bicyclic) bond motifs is 1. The Bertz CT molecular complexity index is 1250. The van der Waals surface area contributed by atoms with E-state index < -0.39 is 10.0 Å².